The fraction of sp³-hybridized carbons (Fsp3) is 0.333. The zero-order valence-electron chi connectivity index (χ0n) is 11.5. The van der Waals surface area contributed by atoms with Crippen LogP contribution in [0.4, 0.5) is 0 Å². The predicted octanol–water partition coefficient (Wildman–Crippen LogP) is 0.537. The maximum Gasteiger partial charge on any atom is 0.242 e. The highest BCUT2D eigenvalue weighted by Gasteiger charge is 2.12. The van der Waals surface area contributed by atoms with Crippen LogP contribution >= 0.6 is 11.6 Å². The molecule has 0 aliphatic carbocycles. The smallest absolute Gasteiger partial charge is 0.242 e. The minimum atomic E-state index is -3.51. The van der Waals surface area contributed by atoms with Crippen LogP contribution in [-0.4, -0.2) is 36.3 Å². The second-order valence-electron chi connectivity index (χ2n) is 4.33. The minimum Gasteiger partial charge on any atom is -0.310 e. The molecule has 0 fully saturated rings. The zero-order chi connectivity index (χ0) is 15.3. The largest absolute Gasteiger partial charge is 0.310 e. The molecule has 0 aliphatic heterocycles. The van der Waals surface area contributed by atoms with Crippen molar-refractivity contribution < 1.29 is 8.42 Å². The highest BCUT2D eigenvalue weighted by Crippen LogP contribution is 2.13. The molecular weight excluding hydrogens is 314 g/mol. The summed E-state index contributed by atoms with van der Waals surface area (Å²) in [6, 6.07) is 3.08. The molecule has 2 N–H and O–H groups in total. The van der Waals surface area contributed by atoms with E-state index in [-0.39, 0.29) is 11.4 Å². The van der Waals surface area contributed by atoms with Gasteiger partial charge in [0, 0.05) is 39.1 Å². The summed E-state index contributed by atoms with van der Waals surface area (Å²) >= 11 is 5.97. The van der Waals surface area contributed by atoms with E-state index in [4.69, 9.17) is 11.6 Å². The Labute approximate surface area is 128 Å². The number of pyridine rings is 1. The first-order valence-electron chi connectivity index (χ1n) is 6.27. The molecule has 21 heavy (non-hydrogen) atoms. The number of sulfonamides is 1. The molecule has 114 valence electrons. The van der Waals surface area contributed by atoms with Gasteiger partial charge in [0.15, 0.2) is 0 Å². The van der Waals surface area contributed by atoms with E-state index in [0.29, 0.717) is 18.1 Å². The summed E-state index contributed by atoms with van der Waals surface area (Å²) in [5, 5.41) is 7.71. The minimum absolute atomic E-state index is 0.152. The Morgan fingerprint density at radius 1 is 1.33 bits per heavy atom. The quantitative estimate of drug-likeness (QED) is 0.724. The lowest BCUT2D eigenvalue weighted by Crippen LogP contribution is -2.32. The van der Waals surface area contributed by atoms with Crippen LogP contribution in [0.15, 0.2) is 35.6 Å². The molecule has 0 bridgehead atoms. The van der Waals surface area contributed by atoms with Gasteiger partial charge in [0.05, 0.1) is 16.9 Å². The van der Waals surface area contributed by atoms with Crippen LogP contribution in [0.25, 0.3) is 0 Å². The van der Waals surface area contributed by atoms with Gasteiger partial charge in [-0.15, -0.1) is 0 Å². The fourth-order valence-electron chi connectivity index (χ4n) is 1.70. The van der Waals surface area contributed by atoms with E-state index >= 15 is 0 Å². The third kappa shape index (κ3) is 4.24. The number of nitrogens with one attached hydrogen (secondary N) is 2. The second kappa shape index (κ2) is 6.99. The first kappa shape index (κ1) is 15.9. The summed E-state index contributed by atoms with van der Waals surface area (Å²) in [6.07, 6.45) is 4.41. The molecule has 0 unspecified atom stereocenters. The Balaban J connectivity index is 1.78. The highest BCUT2D eigenvalue weighted by molar-refractivity contribution is 7.89. The second-order valence-corrected chi connectivity index (χ2v) is 6.50. The maximum atomic E-state index is 11.9. The molecule has 7 nitrogen and oxygen atoms in total. The standard InChI is InChI=1S/C12H16ClN5O2S/c1-18-12(11(13)8-16-18)9-15-5-6-17-21(19,20)10-3-2-4-14-7-10/h2-4,7-8,15,17H,5-6,9H2,1H3. The van der Waals surface area contributed by atoms with Gasteiger partial charge in [-0.3, -0.25) is 9.67 Å². The number of aromatic nitrogens is 3. The SMILES string of the molecule is Cn1ncc(Cl)c1CNCCNS(=O)(=O)c1cccnc1. The molecule has 0 radical (unpaired) electrons. The Kier molecular flexibility index (Phi) is 5.29. The van der Waals surface area contributed by atoms with Crippen LogP contribution in [0.5, 0.6) is 0 Å². The van der Waals surface area contributed by atoms with E-state index in [1.165, 1.54) is 18.5 Å². The zero-order valence-corrected chi connectivity index (χ0v) is 13.0. The lowest BCUT2D eigenvalue weighted by atomic mass is 10.4. The number of hydrogen-bond donors (Lipinski definition) is 2. The van der Waals surface area contributed by atoms with Crippen molar-refractivity contribution in [3.63, 3.8) is 0 Å². The van der Waals surface area contributed by atoms with Crippen LogP contribution in [0, 0.1) is 0 Å². The molecule has 2 heterocycles. The number of nitrogens with zero attached hydrogens (tertiary/aromatic N) is 3. The average molecular weight is 330 g/mol. The van der Waals surface area contributed by atoms with Gasteiger partial charge < -0.3 is 5.32 Å². The summed E-state index contributed by atoms with van der Waals surface area (Å²) in [7, 11) is -1.71. The molecule has 0 atom stereocenters. The van der Waals surface area contributed by atoms with Crippen molar-refractivity contribution in [3.05, 3.63) is 41.4 Å². The molecular formula is C12H16ClN5O2S. The van der Waals surface area contributed by atoms with Gasteiger partial charge in [-0.05, 0) is 12.1 Å². The number of halogens is 1. The van der Waals surface area contributed by atoms with Crippen LogP contribution in [0.2, 0.25) is 5.02 Å². The third-order valence-electron chi connectivity index (χ3n) is 2.84. The normalized spacial score (nSPS) is 11.7. The van der Waals surface area contributed by atoms with Crippen LogP contribution in [-0.2, 0) is 23.6 Å². The molecule has 0 saturated heterocycles. The van der Waals surface area contributed by atoms with E-state index < -0.39 is 10.0 Å². The average Bonchev–Trinajstić information content (AvgIpc) is 2.79. The van der Waals surface area contributed by atoms with Crippen molar-refractivity contribution >= 4 is 21.6 Å². The fourth-order valence-corrected chi connectivity index (χ4v) is 2.93. The number of hydrogen-bond acceptors (Lipinski definition) is 5. The van der Waals surface area contributed by atoms with Gasteiger partial charge in [0.25, 0.3) is 0 Å². The molecule has 0 spiro atoms. The van der Waals surface area contributed by atoms with Gasteiger partial charge in [-0.2, -0.15) is 5.10 Å². The van der Waals surface area contributed by atoms with Crippen molar-refractivity contribution in [2.45, 2.75) is 11.4 Å². The lowest BCUT2D eigenvalue weighted by Gasteiger charge is -2.08. The van der Waals surface area contributed by atoms with E-state index in [1.807, 2.05) is 0 Å². The molecule has 2 rings (SSSR count). The summed E-state index contributed by atoms with van der Waals surface area (Å²) in [6.45, 7) is 1.26. The maximum absolute atomic E-state index is 11.9. The van der Waals surface area contributed by atoms with Crippen molar-refractivity contribution in [2.24, 2.45) is 7.05 Å². The van der Waals surface area contributed by atoms with Crippen molar-refractivity contribution in [1.82, 2.24) is 24.8 Å². The van der Waals surface area contributed by atoms with Crippen molar-refractivity contribution in [2.75, 3.05) is 13.1 Å². The Morgan fingerprint density at radius 3 is 2.76 bits per heavy atom. The third-order valence-corrected chi connectivity index (χ3v) is 4.60. The lowest BCUT2D eigenvalue weighted by molar-refractivity contribution is 0.572. The predicted molar refractivity (Wildman–Crippen MR) is 79.4 cm³/mol. The van der Waals surface area contributed by atoms with Gasteiger partial charge >= 0.3 is 0 Å². The van der Waals surface area contributed by atoms with E-state index in [2.05, 4.69) is 20.1 Å². The Morgan fingerprint density at radius 2 is 2.14 bits per heavy atom. The summed E-state index contributed by atoms with van der Waals surface area (Å²) < 4.78 is 28.0. The molecule has 0 aliphatic rings. The van der Waals surface area contributed by atoms with Crippen LogP contribution in [0.1, 0.15) is 5.69 Å². The Hall–Kier alpha value is -1.48. The summed E-state index contributed by atoms with van der Waals surface area (Å²) in [4.78, 5) is 3.94. The highest BCUT2D eigenvalue weighted by atomic mass is 35.5. The molecule has 2 aromatic rings. The topological polar surface area (TPSA) is 88.9 Å². The van der Waals surface area contributed by atoms with E-state index in [0.717, 1.165) is 5.69 Å². The summed E-state index contributed by atoms with van der Waals surface area (Å²) in [5.74, 6) is 0. The summed E-state index contributed by atoms with van der Waals surface area (Å²) in [5.41, 5.74) is 0.854. The number of aryl methyl sites for hydroxylation is 1. The molecule has 0 amide bonds. The first-order chi connectivity index (χ1) is 10.0. The van der Waals surface area contributed by atoms with Gasteiger partial charge in [-0.1, -0.05) is 11.6 Å². The molecule has 2 aromatic heterocycles. The monoisotopic (exact) mass is 329 g/mol. The molecule has 9 heteroatoms. The van der Waals surface area contributed by atoms with Crippen molar-refractivity contribution in [1.29, 1.82) is 0 Å². The van der Waals surface area contributed by atoms with Gasteiger partial charge in [-0.25, -0.2) is 13.1 Å². The Bertz CT molecular complexity index is 667. The number of rotatable bonds is 7. The van der Waals surface area contributed by atoms with Crippen LogP contribution in [0.3, 0.4) is 0 Å². The van der Waals surface area contributed by atoms with E-state index in [9.17, 15) is 8.42 Å². The van der Waals surface area contributed by atoms with Gasteiger partial charge in [0.2, 0.25) is 10.0 Å². The molecule has 0 aromatic carbocycles. The molecule has 0 saturated carbocycles. The van der Waals surface area contributed by atoms with E-state index in [1.54, 1.807) is 24.0 Å². The van der Waals surface area contributed by atoms with Gasteiger partial charge in [0.1, 0.15) is 4.90 Å². The van der Waals surface area contributed by atoms with Crippen molar-refractivity contribution in [3.8, 4) is 0 Å². The first-order valence-corrected chi connectivity index (χ1v) is 8.13. The van der Waals surface area contributed by atoms with Crippen LogP contribution < -0.4 is 10.0 Å².